The van der Waals surface area contributed by atoms with Gasteiger partial charge in [0.05, 0.1) is 6.61 Å². The zero-order valence-electron chi connectivity index (χ0n) is 14.3. The van der Waals surface area contributed by atoms with Crippen LogP contribution in [0.1, 0.15) is 23.0 Å². The molecule has 3 rings (SSSR count). The summed E-state index contributed by atoms with van der Waals surface area (Å²) in [6.45, 7) is 6.63. The van der Waals surface area contributed by atoms with Gasteiger partial charge < -0.3 is 9.64 Å². The first-order valence-electron chi connectivity index (χ1n) is 8.50. The molecule has 0 N–H and O–H groups in total. The molecule has 0 atom stereocenters. The average molecular weight is 360 g/mol. The van der Waals surface area contributed by atoms with Crippen molar-refractivity contribution in [3.8, 4) is 5.75 Å². The largest absolute Gasteiger partial charge is 0.494 e. The Labute approximate surface area is 153 Å². The number of amides is 1. The van der Waals surface area contributed by atoms with Crippen LogP contribution in [0.25, 0.3) is 0 Å². The number of halogens is 1. The number of ether oxygens (including phenoxy) is 1. The first kappa shape index (κ1) is 17.7. The van der Waals surface area contributed by atoms with E-state index in [4.69, 9.17) is 16.3 Å². The Morgan fingerprint density at radius 3 is 2.52 bits per heavy atom. The van der Waals surface area contributed by atoms with E-state index in [9.17, 15) is 4.79 Å². The highest BCUT2D eigenvalue weighted by Gasteiger charge is 2.23. The van der Waals surface area contributed by atoms with Gasteiger partial charge in [-0.05, 0) is 36.8 Å². The highest BCUT2D eigenvalue weighted by atomic mass is 35.5. The van der Waals surface area contributed by atoms with Gasteiger partial charge in [0.15, 0.2) is 0 Å². The van der Waals surface area contributed by atoms with Gasteiger partial charge in [0.2, 0.25) is 0 Å². The molecule has 0 saturated carbocycles. The molecule has 0 spiro atoms. The molecule has 6 heteroatoms. The highest BCUT2D eigenvalue weighted by molar-refractivity contribution is 6.30. The van der Waals surface area contributed by atoms with Crippen LogP contribution in [-0.4, -0.2) is 53.5 Å². The van der Waals surface area contributed by atoms with Crippen molar-refractivity contribution in [2.75, 3.05) is 32.8 Å². The lowest BCUT2D eigenvalue weighted by Crippen LogP contribution is -2.48. The van der Waals surface area contributed by atoms with Crippen LogP contribution in [0.5, 0.6) is 5.75 Å². The van der Waals surface area contributed by atoms with Crippen molar-refractivity contribution in [1.82, 2.24) is 14.8 Å². The standard InChI is InChI=1S/C19H22ClN3O2/c1-2-25-17-5-3-15(4-6-17)14-22-9-11-23(12-10-22)19(24)18-13-16(20)7-8-21-18/h3-8,13H,2,9-12,14H2,1H3. The Balaban J connectivity index is 1.52. The van der Waals surface area contributed by atoms with Crippen LogP contribution in [0.2, 0.25) is 5.02 Å². The fraction of sp³-hybridized carbons (Fsp3) is 0.368. The minimum atomic E-state index is -0.0526. The number of pyridine rings is 1. The van der Waals surface area contributed by atoms with E-state index in [-0.39, 0.29) is 5.91 Å². The number of hydrogen-bond acceptors (Lipinski definition) is 4. The summed E-state index contributed by atoms with van der Waals surface area (Å²) in [4.78, 5) is 20.8. The normalized spacial score (nSPS) is 15.2. The number of benzene rings is 1. The molecule has 1 fully saturated rings. The van der Waals surface area contributed by atoms with Gasteiger partial charge in [-0.3, -0.25) is 14.7 Å². The minimum Gasteiger partial charge on any atom is -0.494 e. The third-order valence-electron chi connectivity index (χ3n) is 4.24. The monoisotopic (exact) mass is 359 g/mol. The molecule has 132 valence electrons. The molecule has 1 amide bonds. The van der Waals surface area contributed by atoms with Gasteiger partial charge in [-0.2, -0.15) is 0 Å². The van der Waals surface area contributed by atoms with E-state index >= 15 is 0 Å². The van der Waals surface area contributed by atoms with Gasteiger partial charge in [0.1, 0.15) is 11.4 Å². The number of piperazine rings is 1. The van der Waals surface area contributed by atoms with Crippen molar-refractivity contribution in [2.24, 2.45) is 0 Å². The summed E-state index contributed by atoms with van der Waals surface area (Å²) in [5, 5.41) is 0.535. The zero-order chi connectivity index (χ0) is 17.6. The number of nitrogens with zero attached hydrogens (tertiary/aromatic N) is 3. The second-order valence-electron chi connectivity index (χ2n) is 6.00. The van der Waals surface area contributed by atoms with Gasteiger partial charge in [-0.1, -0.05) is 23.7 Å². The third kappa shape index (κ3) is 4.71. The molecule has 0 radical (unpaired) electrons. The molecule has 0 bridgehead atoms. The van der Waals surface area contributed by atoms with Crippen molar-refractivity contribution >= 4 is 17.5 Å². The molecule has 1 aliphatic heterocycles. The summed E-state index contributed by atoms with van der Waals surface area (Å²) in [6.07, 6.45) is 1.57. The summed E-state index contributed by atoms with van der Waals surface area (Å²) in [6, 6.07) is 11.5. The fourth-order valence-corrected chi connectivity index (χ4v) is 3.07. The molecule has 1 saturated heterocycles. The van der Waals surface area contributed by atoms with E-state index in [2.05, 4.69) is 22.0 Å². The number of aromatic nitrogens is 1. The van der Waals surface area contributed by atoms with Crippen LogP contribution in [0.3, 0.4) is 0 Å². The fourth-order valence-electron chi connectivity index (χ4n) is 2.91. The third-order valence-corrected chi connectivity index (χ3v) is 4.48. The van der Waals surface area contributed by atoms with Crippen LogP contribution in [0.15, 0.2) is 42.6 Å². The van der Waals surface area contributed by atoms with E-state index in [1.54, 1.807) is 18.3 Å². The lowest BCUT2D eigenvalue weighted by atomic mass is 10.2. The van der Waals surface area contributed by atoms with Crippen LogP contribution in [0, 0.1) is 0 Å². The van der Waals surface area contributed by atoms with Gasteiger partial charge in [-0.25, -0.2) is 0 Å². The van der Waals surface area contributed by atoms with Crippen molar-refractivity contribution in [1.29, 1.82) is 0 Å². The summed E-state index contributed by atoms with van der Waals surface area (Å²) in [7, 11) is 0. The molecular formula is C19H22ClN3O2. The number of rotatable bonds is 5. The van der Waals surface area contributed by atoms with Crippen molar-refractivity contribution in [2.45, 2.75) is 13.5 Å². The van der Waals surface area contributed by atoms with E-state index < -0.39 is 0 Å². The maximum atomic E-state index is 12.5. The lowest BCUT2D eigenvalue weighted by Gasteiger charge is -2.34. The first-order chi connectivity index (χ1) is 12.2. The van der Waals surface area contributed by atoms with Crippen molar-refractivity contribution in [3.63, 3.8) is 0 Å². The van der Waals surface area contributed by atoms with E-state index in [1.165, 1.54) is 5.56 Å². The maximum absolute atomic E-state index is 12.5. The first-order valence-corrected chi connectivity index (χ1v) is 8.88. The quantitative estimate of drug-likeness (QED) is 0.823. The Hall–Kier alpha value is -2.11. The predicted octanol–water partition coefficient (Wildman–Crippen LogP) is 3.09. The van der Waals surface area contributed by atoms with Crippen molar-refractivity contribution in [3.05, 3.63) is 58.9 Å². The molecular weight excluding hydrogens is 338 g/mol. The molecule has 25 heavy (non-hydrogen) atoms. The topological polar surface area (TPSA) is 45.7 Å². The summed E-state index contributed by atoms with van der Waals surface area (Å²) in [5.41, 5.74) is 1.66. The minimum absolute atomic E-state index is 0.0526. The number of carbonyl (C=O) groups is 1. The van der Waals surface area contributed by atoms with Gasteiger partial charge in [-0.15, -0.1) is 0 Å². The highest BCUT2D eigenvalue weighted by Crippen LogP contribution is 2.16. The number of carbonyl (C=O) groups excluding carboxylic acids is 1. The Morgan fingerprint density at radius 2 is 1.88 bits per heavy atom. The zero-order valence-corrected chi connectivity index (χ0v) is 15.1. The van der Waals surface area contributed by atoms with E-state index in [1.807, 2.05) is 24.0 Å². The molecule has 0 unspecified atom stereocenters. The predicted molar refractivity (Wildman–Crippen MR) is 98.0 cm³/mol. The second kappa shape index (κ2) is 8.32. The molecule has 1 aliphatic rings. The Kier molecular flexibility index (Phi) is 5.89. The van der Waals surface area contributed by atoms with Gasteiger partial charge in [0, 0.05) is 43.9 Å². The molecule has 0 aliphatic carbocycles. The smallest absolute Gasteiger partial charge is 0.272 e. The van der Waals surface area contributed by atoms with Crippen LogP contribution in [-0.2, 0) is 6.54 Å². The Morgan fingerprint density at radius 1 is 1.16 bits per heavy atom. The van der Waals surface area contributed by atoms with Gasteiger partial charge >= 0.3 is 0 Å². The summed E-state index contributed by atoms with van der Waals surface area (Å²) >= 11 is 5.94. The Bertz CT molecular complexity index is 713. The maximum Gasteiger partial charge on any atom is 0.272 e. The molecule has 2 aromatic rings. The van der Waals surface area contributed by atoms with E-state index in [0.717, 1.165) is 25.4 Å². The number of hydrogen-bond donors (Lipinski definition) is 0. The van der Waals surface area contributed by atoms with Gasteiger partial charge in [0.25, 0.3) is 5.91 Å². The van der Waals surface area contributed by atoms with Crippen LogP contribution < -0.4 is 4.74 Å². The lowest BCUT2D eigenvalue weighted by molar-refractivity contribution is 0.0622. The molecule has 5 nitrogen and oxygen atoms in total. The molecule has 1 aromatic carbocycles. The summed E-state index contributed by atoms with van der Waals surface area (Å²) < 4.78 is 5.47. The molecule has 1 aromatic heterocycles. The SMILES string of the molecule is CCOc1ccc(CN2CCN(C(=O)c3cc(Cl)ccn3)CC2)cc1. The van der Waals surface area contributed by atoms with Crippen molar-refractivity contribution < 1.29 is 9.53 Å². The van der Waals surface area contributed by atoms with Crippen LogP contribution in [0.4, 0.5) is 0 Å². The average Bonchev–Trinajstić information content (AvgIpc) is 2.64. The van der Waals surface area contributed by atoms with E-state index in [0.29, 0.717) is 30.4 Å². The molecule has 2 heterocycles. The van der Waals surface area contributed by atoms with Crippen LogP contribution >= 0.6 is 11.6 Å². The summed E-state index contributed by atoms with van der Waals surface area (Å²) in [5.74, 6) is 0.846. The second-order valence-corrected chi connectivity index (χ2v) is 6.44.